The van der Waals surface area contributed by atoms with Gasteiger partial charge in [-0.3, -0.25) is 4.68 Å². The number of anilines is 1. The number of rotatable bonds is 7. The lowest BCUT2D eigenvalue weighted by Crippen LogP contribution is -2.18. The van der Waals surface area contributed by atoms with Gasteiger partial charge in [0.2, 0.25) is 0 Å². The van der Waals surface area contributed by atoms with Gasteiger partial charge in [-0.25, -0.2) is 4.98 Å². The minimum Gasteiger partial charge on any atom is -0.467 e. The summed E-state index contributed by atoms with van der Waals surface area (Å²) in [5.41, 5.74) is 1.97. The molecule has 0 aliphatic carbocycles. The molecule has 0 atom stereocenters. The Kier molecular flexibility index (Phi) is 4.78. The summed E-state index contributed by atoms with van der Waals surface area (Å²) in [5.74, 6) is 0.896. The zero-order chi connectivity index (χ0) is 16.2. The van der Waals surface area contributed by atoms with Crippen molar-refractivity contribution in [3.63, 3.8) is 0 Å². The Morgan fingerprint density at radius 1 is 1.35 bits per heavy atom. The van der Waals surface area contributed by atoms with E-state index in [9.17, 15) is 0 Å². The molecule has 0 spiro atoms. The van der Waals surface area contributed by atoms with Crippen LogP contribution >= 0.6 is 11.3 Å². The van der Waals surface area contributed by atoms with Crippen molar-refractivity contribution < 1.29 is 4.42 Å². The molecule has 0 aromatic carbocycles. The molecule has 0 saturated carbocycles. The quantitative estimate of drug-likeness (QED) is 0.721. The molecule has 0 fully saturated rings. The first kappa shape index (κ1) is 15.8. The number of aromatic nitrogens is 3. The van der Waals surface area contributed by atoms with Crippen molar-refractivity contribution in [2.75, 3.05) is 26.0 Å². The number of hydrogen-bond acceptors (Lipinski definition) is 6. The van der Waals surface area contributed by atoms with Gasteiger partial charge in [0, 0.05) is 12.7 Å². The number of nitrogens with one attached hydrogen (secondary N) is 1. The largest absolute Gasteiger partial charge is 0.467 e. The first-order valence-electron chi connectivity index (χ1n) is 7.54. The monoisotopic (exact) mass is 331 g/mol. The normalized spacial score (nSPS) is 11.3. The minimum absolute atomic E-state index is 0.636. The SMILES string of the molecule is Cc1nc(NCc2ccco2)sc1-c1ccn(CCN(C)C)n1. The summed E-state index contributed by atoms with van der Waals surface area (Å²) in [6, 6.07) is 5.88. The van der Waals surface area contributed by atoms with Crippen molar-refractivity contribution in [1.29, 1.82) is 0 Å². The molecule has 3 aromatic heterocycles. The molecule has 122 valence electrons. The molecule has 0 bridgehead atoms. The van der Waals surface area contributed by atoms with Gasteiger partial charge in [0.25, 0.3) is 0 Å². The smallest absolute Gasteiger partial charge is 0.183 e. The Morgan fingerprint density at radius 2 is 2.22 bits per heavy atom. The zero-order valence-electron chi connectivity index (χ0n) is 13.6. The highest BCUT2D eigenvalue weighted by Gasteiger charge is 2.12. The van der Waals surface area contributed by atoms with Crippen molar-refractivity contribution in [2.45, 2.75) is 20.0 Å². The van der Waals surface area contributed by atoms with E-state index in [-0.39, 0.29) is 0 Å². The Balaban J connectivity index is 1.68. The maximum atomic E-state index is 5.32. The Morgan fingerprint density at radius 3 is 2.96 bits per heavy atom. The van der Waals surface area contributed by atoms with Crippen molar-refractivity contribution in [1.82, 2.24) is 19.7 Å². The highest BCUT2D eigenvalue weighted by atomic mass is 32.1. The molecule has 0 unspecified atom stereocenters. The summed E-state index contributed by atoms with van der Waals surface area (Å²) in [4.78, 5) is 7.83. The van der Waals surface area contributed by atoms with Crippen molar-refractivity contribution >= 4 is 16.5 Å². The summed E-state index contributed by atoms with van der Waals surface area (Å²) >= 11 is 1.62. The molecule has 0 amide bonds. The number of furan rings is 1. The van der Waals surface area contributed by atoms with Crippen LogP contribution in [0.2, 0.25) is 0 Å². The molecule has 3 heterocycles. The average molecular weight is 331 g/mol. The molecule has 7 heteroatoms. The van der Waals surface area contributed by atoms with E-state index in [1.165, 1.54) is 0 Å². The third-order valence-corrected chi connectivity index (χ3v) is 4.58. The van der Waals surface area contributed by atoms with Gasteiger partial charge in [0.05, 0.1) is 29.9 Å². The molecule has 0 radical (unpaired) electrons. The van der Waals surface area contributed by atoms with E-state index in [2.05, 4.69) is 34.4 Å². The number of thiazole rings is 1. The molecule has 3 rings (SSSR count). The second-order valence-corrected chi connectivity index (χ2v) is 6.63. The molecular weight excluding hydrogens is 310 g/mol. The Hall–Kier alpha value is -2.12. The van der Waals surface area contributed by atoms with Crippen molar-refractivity contribution in [2.24, 2.45) is 0 Å². The van der Waals surface area contributed by atoms with Gasteiger partial charge in [-0.15, -0.1) is 0 Å². The van der Waals surface area contributed by atoms with Crippen LogP contribution in [0.3, 0.4) is 0 Å². The summed E-state index contributed by atoms with van der Waals surface area (Å²) < 4.78 is 7.30. The molecule has 0 aliphatic heterocycles. The summed E-state index contributed by atoms with van der Waals surface area (Å²) in [6.45, 7) is 4.51. The third-order valence-electron chi connectivity index (χ3n) is 3.44. The second-order valence-electron chi connectivity index (χ2n) is 5.63. The minimum atomic E-state index is 0.636. The number of likely N-dealkylation sites (N-methyl/N-ethyl adjacent to an activating group) is 1. The zero-order valence-corrected chi connectivity index (χ0v) is 14.4. The summed E-state index contributed by atoms with van der Waals surface area (Å²) in [7, 11) is 4.13. The second kappa shape index (κ2) is 6.97. The van der Waals surface area contributed by atoms with Crippen LogP contribution in [0.25, 0.3) is 10.6 Å². The fraction of sp³-hybridized carbons (Fsp3) is 0.375. The lowest BCUT2D eigenvalue weighted by molar-refractivity contribution is 0.373. The van der Waals surface area contributed by atoms with Gasteiger partial charge >= 0.3 is 0 Å². The highest BCUT2D eigenvalue weighted by Crippen LogP contribution is 2.31. The fourth-order valence-corrected chi connectivity index (χ4v) is 3.12. The van der Waals surface area contributed by atoms with Gasteiger partial charge in [0.15, 0.2) is 5.13 Å². The number of hydrogen-bond donors (Lipinski definition) is 1. The number of aryl methyl sites for hydroxylation is 1. The lowest BCUT2D eigenvalue weighted by Gasteiger charge is -2.08. The molecule has 23 heavy (non-hydrogen) atoms. The van der Waals surface area contributed by atoms with Crippen molar-refractivity contribution in [3.8, 4) is 10.6 Å². The van der Waals surface area contributed by atoms with E-state index in [1.54, 1.807) is 17.6 Å². The lowest BCUT2D eigenvalue weighted by atomic mass is 10.3. The Bertz CT molecular complexity index is 744. The van der Waals surface area contributed by atoms with E-state index in [0.29, 0.717) is 6.54 Å². The van der Waals surface area contributed by atoms with Gasteiger partial charge < -0.3 is 14.6 Å². The highest BCUT2D eigenvalue weighted by molar-refractivity contribution is 7.19. The van der Waals surface area contributed by atoms with Gasteiger partial charge in [-0.05, 0) is 39.2 Å². The molecule has 0 saturated heterocycles. The van der Waals surface area contributed by atoms with Gasteiger partial charge in [-0.2, -0.15) is 5.10 Å². The van der Waals surface area contributed by atoms with E-state index in [0.717, 1.165) is 40.2 Å². The molecule has 3 aromatic rings. The van der Waals surface area contributed by atoms with Crippen LogP contribution in [0.15, 0.2) is 35.1 Å². The summed E-state index contributed by atoms with van der Waals surface area (Å²) in [5, 5.41) is 8.83. The van der Waals surface area contributed by atoms with Crippen LogP contribution in [0, 0.1) is 6.92 Å². The van der Waals surface area contributed by atoms with E-state index < -0.39 is 0 Å². The maximum Gasteiger partial charge on any atom is 0.183 e. The summed E-state index contributed by atoms with van der Waals surface area (Å²) in [6.07, 6.45) is 3.70. The van der Waals surface area contributed by atoms with E-state index in [4.69, 9.17) is 4.42 Å². The van der Waals surface area contributed by atoms with E-state index in [1.807, 2.05) is 36.0 Å². The predicted octanol–water partition coefficient (Wildman–Crippen LogP) is 3.08. The Labute approximate surface area is 139 Å². The van der Waals surface area contributed by atoms with Crippen LogP contribution in [0.1, 0.15) is 11.5 Å². The van der Waals surface area contributed by atoms with Crippen LogP contribution in [-0.4, -0.2) is 40.3 Å². The van der Waals surface area contributed by atoms with Crippen LogP contribution < -0.4 is 5.32 Å². The maximum absolute atomic E-state index is 5.32. The topological polar surface area (TPSA) is 59.1 Å². The van der Waals surface area contributed by atoms with Crippen molar-refractivity contribution in [3.05, 3.63) is 42.1 Å². The van der Waals surface area contributed by atoms with Gasteiger partial charge in [-0.1, -0.05) is 11.3 Å². The van der Waals surface area contributed by atoms with Crippen LogP contribution in [0.4, 0.5) is 5.13 Å². The molecular formula is C16H21N5OS. The fourth-order valence-electron chi connectivity index (χ4n) is 2.20. The standard InChI is InChI=1S/C16H21N5OS/c1-12-15(14-6-7-21(19-14)9-8-20(2)3)23-16(18-12)17-11-13-5-4-10-22-13/h4-7,10H,8-9,11H2,1-3H3,(H,17,18). The first-order valence-corrected chi connectivity index (χ1v) is 8.35. The predicted molar refractivity (Wildman–Crippen MR) is 92.7 cm³/mol. The van der Waals surface area contributed by atoms with E-state index >= 15 is 0 Å². The number of nitrogens with zero attached hydrogens (tertiary/aromatic N) is 4. The van der Waals surface area contributed by atoms with Gasteiger partial charge in [0.1, 0.15) is 11.5 Å². The van der Waals surface area contributed by atoms with Crippen LogP contribution in [0.5, 0.6) is 0 Å². The van der Waals surface area contributed by atoms with Crippen LogP contribution in [-0.2, 0) is 13.1 Å². The molecule has 0 aliphatic rings. The third kappa shape index (κ3) is 4.00. The molecule has 1 N–H and O–H groups in total. The average Bonchev–Trinajstić information content (AvgIpc) is 3.24. The first-order chi connectivity index (χ1) is 11.1. The molecule has 6 nitrogen and oxygen atoms in total.